The minimum atomic E-state index is 0.113. The molecule has 0 aliphatic rings. The third-order valence-corrected chi connectivity index (χ3v) is 2.87. The molecule has 0 saturated carbocycles. The first-order valence-electron chi connectivity index (χ1n) is 4.34. The maximum atomic E-state index is 11.1. The number of alkyl halides is 1. The van der Waals surface area contributed by atoms with Gasteiger partial charge in [0.1, 0.15) is 5.78 Å². The highest BCUT2D eigenvalue weighted by Gasteiger charge is 2.12. The van der Waals surface area contributed by atoms with Gasteiger partial charge in [0, 0.05) is 11.2 Å². The van der Waals surface area contributed by atoms with Gasteiger partial charge in [-0.25, -0.2) is 0 Å². The zero-order chi connectivity index (χ0) is 9.68. The van der Waals surface area contributed by atoms with E-state index in [1.807, 2.05) is 18.2 Å². The van der Waals surface area contributed by atoms with Crippen LogP contribution < -0.4 is 0 Å². The highest BCUT2D eigenvalue weighted by Crippen LogP contribution is 2.11. The van der Waals surface area contributed by atoms with Gasteiger partial charge < -0.3 is 0 Å². The Morgan fingerprint density at radius 1 is 1.38 bits per heavy atom. The molecule has 1 atom stereocenters. The molecule has 0 fully saturated rings. The fourth-order valence-corrected chi connectivity index (χ4v) is 1.89. The number of carbonyl (C=O) groups is 1. The van der Waals surface area contributed by atoms with E-state index in [0.717, 1.165) is 11.8 Å². The Labute approximate surface area is 87.3 Å². The maximum Gasteiger partial charge on any atom is 0.134 e. The topological polar surface area (TPSA) is 17.1 Å². The first-order chi connectivity index (χ1) is 6.24. The van der Waals surface area contributed by atoms with Crippen LogP contribution in [0.4, 0.5) is 0 Å². The molecule has 13 heavy (non-hydrogen) atoms. The normalized spacial score (nSPS) is 12.5. The number of benzene rings is 1. The summed E-state index contributed by atoms with van der Waals surface area (Å²) in [5.41, 5.74) is 1.22. The third-order valence-electron chi connectivity index (χ3n) is 2.09. The average Bonchev–Trinajstić information content (AvgIpc) is 2.15. The SMILES string of the molecule is CC(=O)[C@@H](CBr)Cc1ccccc1. The second-order valence-electron chi connectivity index (χ2n) is 3.15. The predicted octanol–water partition coefficient (Wildman–Crippen LogP) is 2.83. The number of hydrogen-bond acceptors (Lipinski definition) is 1. The van der Waals surface area contributed by atoms with Crippen molar-refractivity contribution in [1.82, 2.24) is 0 Å². The summed E-state index contributed by atoms with van der Waals surface area (Å²) in [6.07, 6.45) is 0.835. The van der Waals surface area contributed by atoms with Gasteiger partial charge in [0.15, 0.2) is 0 Å². The molecule has 0 heterocycles. The molecule has 0 saturated heterocycles. The van der Waals surface area contributed by atoms with E-state index in [1.165, 1.54) is 5.56 Å². The van der Waals surface area contributed by atoms with Gasteiger partial charge in [-0.2, -0.15) is 0 Å². The van der Waals surface area contributed by atoms with E-state index in [-0.39, 0.29) is 11.7 Å². The van der Waals surface area contributed by atoms with Crippen LogP contribution in [-0.4, -0.2) is 11.1 Å². The van der Waals surface area contributed by atoms with Crippen LogP contribution in [0.2, 0.25) is 0 Å². The van der Waals surface area contributed by atoms with Crippen LogP contribution in [0, 0.1) is 5.92 Å². The number of carbonyl (C=O) groups excluding carboxylic acids is 1. The Balaban J connectivity index is 2.62. The van der Waals surface area contributed by atoms with Gasteiger partial charge >= 0.3 is 0 Å². The Bertz CT molecular complexity index is 269. The van der Waals surface area contributed by atoms with Crippen molar-refractivity contribution in [3.63, 3.8) is 0 Å². The van der Waals surface area contributed by atoms with Gasteiger partial charge in [-0.3, -0.25) is 4.79 Å². The second-order valence-corrected chi connectivity index (χ2v) is 3.80. The Hall–Kier alpha value is -0.630. The molecule has 0 aliphatic heterocycles. The molecule has 0 spiro atoms. The fraction of sp³-hybridized carbons (Fsp3) is 0.364. The van der Waals surface area contributed by atoms with Crippen molar-refractivity contribution in [3.8, 4) is 0 Å². The lowest BCUT2D eigenvalue weighted by molar-refractivity contribution is -0.120. The molecular formula is C11H13BrO. The summed E-state index contributed by atoms with van der Waals surface area (Å²) in [7, 11) is 0. The molecule has 0 unspecified atom stereocenters. The van der Waals surface area contributed by atoms with Crippen LogP contribution >= 0.6 is 15.9 Å². The molecule has 2 heteroatoms. The van der Waals surface area contributed by atoms with Crippen LogP contribution in [0.5, 0.6) is 0 Å². The van der Waals surface area contributed by atoms with Crippen LogP contribution in [0.1, 0.15) is 12.5 Å². The summed E-state index contributed by atoms with van der Waals surface area (Å²) < 4.78 is 0. The first-order valence-corrected chi connectivity index (χ1v) is 5.46. The molecule has 0 N–H and O–H groups in total. The van der Waals surface area contributed by atoms with Crippen LogP contribution in [-0.2, 0) is 11.2 Å². The summed E-state index contributed by atoms with van der Waals surface area (Å²) in [5.74, 6) is 0.364. The summed E-state index contributed by atoms with van der Waals surface area (Å²) >= 11 is 3.35. The van der Waals surface area contributed by atoms with Crippen molar-refractivity contribution < 1.29 is 4.79 Å². The lowest BCUT2D eigenvalue weighted by atomic mass is 9.98. The molecule has 1 aromatic carbocycles. The predicted molar refractivity (Wildman–Crippen MR) is 58.1 cm³/mol. The van der Waals surface area contributed by atoms with E-state index in [0.29, 0.717) is 0 Å². The molecule has 70 valence electrons. The summed E-state index contributed by atoms with van der Waals surface area (Å²) in [5, 5.41) is 0.747. The minimum absolute atomic E-state index is 0.113. The summed E-state index contributed by atoms with van der Waals surface area (Å²) in [4.78, 5) is 11.1. The Morgan fingerprint density at radius 2 is 2.00 bits per heavy atom. The number of hydrogen-bond donors (Lipinski definition) is 0. The highest BCUT2D eigenvalue weighted by molar-refractivity contribution is 9.09. The number of Topliss-reactive ketones (excluding diaryl/α,β-unsaturated/α-hetero) is 1. The molecule has 0 aliphatic carbocycles. The lowest BCUT2D eigenvalue weighted by Gasteiger charge is -2.09. The van der Waals surface area contributed by atoms with E-state index in [1.54, 1.807) is 6.92 Å². The average molecular weight is 241 g/mol. The van der Waals surface area contributed by atoms with E-state index < -0.39 is 0 Å². The fourth-order valence-electron chi connectivity index (χ4n) is 1.21. The number of rotatable bonds is 4. The van der Waals surface area contributed by atoms with E-state index >= 15 is 0 Å². The minimum Gasteiger partial charge on any atom is -0.300 e. The van der Waals surface area contributed by atoms with Crippen molar-refractivity contribution in [3.05, 3.63) is 35.9 Å². The van der Waals surface area contributed by atoms with Crippen LogP contribution in [0.3, 0.4) is 0 Å². The smallest absolute Gasteiger partial charge is 0.134 e. The quantitative estimate of drug-likeness (QED) is 0.741. The van der Waals surface area contributed by atoms with E-state index in [4.69, 9.17) is 0 Å². The summed E-state index contributed by atoms with van der Waals surface area (Å²) in [6.45, 7) is 1.65. The highest BCUT2D eigenvalue weighted by atomic mass is 79.9. The molecule has 0 radical (unpaired) electrons. The van der Waals surface area contributed by atoms with Gasteiger partial charge in [-0.15, -0.1) is 0 Å². The Morgan fingerprint density at radius 3 is 2.46 bits per heavy atom. The van der Waals surface area contributed by atoms with Crippen molar-refractivity contribution in [1.29, 1.82) is 0 Å². The van der Waals surface area contributed by atoms with E-state index in [2.05, 4.69) is 28.1 Å². The largest absolute Gasteiger partial charge is 0.300 e. The second kappa shape index (κ2) is 5.18. The molecule has 1 aromatic rings. The molecule has 1 nitrogen and oxygen atoms in total. The van der Waals surface area contributed by atoms with Gasteiger partial charge in [0.2, 0.25) is 0 Å². The summed E-state index contributed by atoms with van der Waals surface area (Å²) in [6, 6.07) is 10.1. The molecule has 0 aromatic heterocycles. The standard InChI is InChI=1S/C11H13BrO/c1-9(13)11(8-12)7-10-5-3-2-4-6-10/h2-6,11H,7-8H2,1H3/t11-/m1/s1. The first kappa shape index (κ1) is 10.5. The van der Waals surface area contributed by atoms with Crippen LogP contribution in [0.25, 0.3) is 0 Å². The van der Waals surface area contributed by atoms with Gasteiger partial charge in [-0.1, -0.05) is 46.3 Å². The van der Waals surface area contributed by atoms with Gasteiger partial charge in [0.25, 0.3) is 0 Å². The van der Waals surface area contributed by atoms with Gasteiger partial charge in [0.05, 0.1) is 0 Å². The van der Waals surface area contributed by atoms with Crippen molar-refractivity contribution in [2.75, 3.05) is 5.33 Å². The molecule has 1 rings (SSSR count). The molecular weight excluding hydrogens is 228 g/mol. The Kier molecular flexibility index (Phi) is 4.16. The van der Waals surface area contributed by atoms with E-state index in [9.17, 15) is 4.79 Å². The third kappa shape index (κ3) is 3.31. The monoisotopic (exact) mass is 240 g/mol. The zero-order valence-electron chi connectivity index (χ0n) is 7.66. The van der Waals surface area contributed by atoms with Gasteiger partial charge in [-0.05, 0) is 18.9 Å². The van der Waals surface area contributed by atoms with Crippen LogP contribution in [0.15, 0.2) is 30.3 Å². The van der Waals surface area contributed by atoms with Crippen molar-refractivity contribution in [2.45, 2.75) is 13.3 Å². The molecule has 0 amide bonds. The maximum absolute atomic E-state index is 11.1. The zero-order valence-corrected chi connectivity index (χ0v) is 9.25. The van der Waals surface area contributed by atoms with Crippen molar-refractivity contribution in [2.24, 2.45) is 5.92 Å². The lowest BCUT2D eigenvalue weighted by Crippen LogP contribution is -2.15. The number of ketones is 1. The number of halogens is 1. The van der Waals surface area contributed by atoms with Crippen molar-refractivity contribution >= 4 is 21.7 Å². The molecule has 0 bridgehead atoms.